The van der Waals surface area contributed by atoms with Gasteiger partial charge in [-0.05, 0) is 78.4 Å². The molecule has 0 aliphatic heterocycles. The normalized spacial score (nSPS) is 18.6. The minimum atomic E-state index is 0.0476. The second-order valence-corrected chi connectivity index (χ2v) is 11.8. The van der Waals surface area contributed by atoms with Gasteiger partial charge < -0.3 is 0 Å². The maximum absolute atomic E-state index is 12.1. The van der Waals surface area contributed by atoms with E-state index in [0.29, 0.717) is 6.42 Å². The first-order valence-electron chi connectivity index (χ1n) is 14.6. The third kappa shape index (κ3) is 15.6. The molecule has 41 heavy (non-hydrogen) atoms. The van der Waals surface area contributed by atoms with Gasteiger partial charge in [0.25, 0.3) is 0 Å². The maximum Gasteiger partial charge on any atom is 0.158 e. The van der Waals surface area contributed by atoms with E-state index in [1.807, 2.05) is 6.92 Å². The molecule has 0 fully saturated rings. The van der Waals surface area contributed by atoms with Crippen molar-refractivity contribution in [3.8, 4) is 0 Å². The van der Waals surface area contributed by atoms with Gasteiger partial charge in [0.2, 0.25) is 0 Å². The summed E-state index contributed by atoms with van der Waals surface area (Å²) in [5.41, 5.74) is 9.36. The molecule has 0 unspecified atom stereocenters. The molecule has 1 rings (SSSR count). The van der Waals surface area contributed by atoms with Gasteiger partial charge in [-0.1, -0.05) is 157 Å². The summed E-state index contributed by atoms with van der Waals surface area (Å²) in [6.45, 7) is 21.1. The van der Waals surface area contributed by atoms with E-state index in [1.54, 1.807) is 0 Å². The van der Waals surface area contributed by atoms with Crippen LogP contribution in [0.5, 0.6) is 0 Å². The van der Waals surface area contributed by atoms with Crippen LogP contribution in [0, 0.1) is 5.41 Å². The van der Waals surface area contributed by atoms with E-state index in [0.717, 1.165) is 23.1 Å². The van der Waals surface area contributed by atoms with Crippen LogP contribution < -0.4 is 0 Å². The predicted octanol–water partition coefficient (Wildman–Crippen LogP) is 11.7. The van der Waals surface area contributed by atoms with Crippen LogP contribution >= 0.6 is 0 Å². The first-order chi connectivity index (χ1) is 19.3. The molecule has 0 aromatic heterocycles. The lowest BCUT2D eigenvalue weighted by Gasteiger charge is -2.32. The fraction of sp³-hybridized carbons (Fsp3) is 0.325. The Bertz CT molecular complexity index is 1300. The van der Waals surface area contributed by atoms with Crippen molar-refractivity contribution in [3.05, 3.63) is 154 Å². The average molecular weight is 549 g/mol. The molecule has 0 aromatic rings. The number of carbonyl (C=O) groups is 1. The summed E-state index contributed by atoms with van der Waals surface area (Å²) in [4.78, 5) is 12.1. The van der Waals surface area contributed by atoms with Gasteiger partial charge in [0, 0.05) is 6.42 Å². The van der Waals surface area contributed by atoms with Gasteiger partial charge in [0.15, 0.2) is 5.78 Å². The third-order valence-corrected chi connectivity index (χ3v) is 6.81. The zero-order valence-electron chi connectivity index (χ0n) is 27.2. The molecular weight excluding hydrogens is 496 g/mol. The van der Waals surface area contributed by atoms with E-state index < -0.39 is 0 Å². The van der Waals surface area contributed by atoms with Crippen LogP contribution in [0.2, 0.25) is 0 Å². The van der Waals surface area contributed by atoms with Crippen LogP contribution in [-0.2, 0) is 4.79 Å². The number of hydrogen-bond donors (Lipinski definition) is 0. The summed E-state index contributed by atoms with van der Waals surface area (Å²) in [5.74, 6) is 0.276. The quantitative estimate of drug-likeness (QED) is 0.222. The van der Waals surface area contributed by atoms with Gasteiger partial charge in [0.1, 0.15) is 0 Å². The van der Waals surface area contributed by atoms with Crippen LogP contribution in [0.4, 0.5) is 0 Å². The van der Waals surface area contributed by atoms with Crippen molar-refractivity contribution >= 4 is 5.78 Å². The Kier molecular flexibility index (Phi) is 16.0. The minimum absolute atomic E-state index is 0.0476. The molecule has 0 N–H and O–H groups in total. The Morgan fingerprint density at radius 3 is 1.34 bits per heavy atom. The summed E-state index contributed by atoms with van der Waals surface area (Å²) in [6.07, 6.45) is 39.4. The Hall–Kier alpha value is -3.71. The van der Waals surface area contributed by atoms with Crippen LogP contribution in [0.1, 0.15) is 82.1 Å². The van der Waals surface area contributed by atoms with Crippen molar-refractivity contribution in [3.63, 3.8) is 0 Å². The highest BCUT2D eigenvalue weighted by Crippen LogP contribution is 2.39. The molecule has 218 valence electrons. The topological polar surface area (TPSA) is 17.1 Å². The van der Waals surface area contributed by atoms with Crippen LogP contribution in [0.3, 0.4) is 0 Å². The highest BCUT2D eigenvalue weighted by atomic mass is 16.1. The molecule has 0 heterocycles. The highest BCUT2D eigenvalue weighted by molar-refractivity contribution is 5.97. The average Bonchev–Trinajstić information content (AvgIpc) is 2.88. The van der Waals surface area contributed by atoms with Gasteiger partial charge in [-0.2, -0.15) is 0 Å². The van der Waals surface area contributed by atoms with Crippen LogP contribution in [-0.4, -0.2) is 5.78 Å². The predicted molar refractivity (Wildman–Crippen MR) is 184 cm³/mol. The lowest BCUT2D eigenvalue weighted by Crippen LogP contribution is -2.24. The zero-order valence-corrected chi connectivity index (χ0v) is 27.2. The van der Waals surface area contributed by atoms with E-state index in [1.165, 1.54) is 27.9 Å². The molecule has 1 nitrogen and oxygen atoms in total. The Morgan fingerprint density at radius 2 is 0.927 bits per heavy atom. The molecule has 1 aliphatic rings. The number of Topliss-reactive ketones (excluding diaryl/α,β-unsaturated/α-hetero) is 1. The molecule has 0 saturated carbocycles. The molecule has 0 saturated heterocycles. The molecular formula is C40H52O. The Labute approximate surface area is 251 Å². The van der Waals surface area contributed by atoms with E-state index >= 15 is 0 Å². The summed E-state index contributed by atoms with van der Waals surface area (Å²) < 4.78 is 0. The molecule has 0 bridgehead atoms. The second-order valence-electron chi connectivity index (χ2n) is 11.8. The molecule has 0 spiro atoms. The molecule has 0 atom stereocenters. The van der Waals surface area contributed by atoms with Crippen LogP contribution in [0.15, 0.2) is 154 Å². The van der Waals surface area contributed by atoms with Crippen molar-refractivity contribution in [1.29, 1.82) is 0 Å². The van der Waals surface area contributed by atoms with Crippen molar-refractivity contribution in [1.82, 2.24) is 0 Å². The maximum atomic E-state index is 12.1. The van der Waals surface area contributed by atoms with E-state index in [9.17, 15) is 4.79 Å². The Balaban J connectivity index is 2.65. The minimum Gasteiger partial charge on any atom is -0.295 e. The summed E-state index contributed by atoms with van der Waals surface area (Å²) >= 11 is 0. The standard InChI is InChI=1S/C40H52O/c1-31(2)17-13-20-34(5)23-15-25-35(6)24-14-21-32(3)18-11-12-19-33(4)22-16-26-36(7)27-28-38-37(8)39(41)29-30-40(38,9)10/h11-28H,29-30H2,1-10H3/b12-11+,20-13+,21-14+,22-16+,25-15+,28-27+,32-18+,33-19+,34-23+,35-24+,36-26+. The molecule has 0 radical (unpaired) electrons. The van der Waals surface area contributed by atoms with Gasteiger partial charge >= 0.3 is 0 Å². The fourth-order valence-corrected chi connectivity index (χ4v) is 4.11. The number of hydrogen-bond acceptors (Lipinski definition) is 1. The lowest BCUT2D eigenvalue weighted by atomic mass is 9.72. The summed E-state index contributed by atoms with van der Waals surface area (Å²) in [6, 6.07) is 0. The van der Waals surface area contributed by atoms with E-state index in [4.69, 9.17) is 0 Å². The lowest BCUT2D eigenvalue weighted by molar-refractivity contribution is -0.116. The van der Waals surface area contributed by atoms with Crippen molar-refractivity contribution in [2.45, 2.75) is 82.1 Å². The first-order valence-corrected chi connectivity index (χ1v) is 14.6. The highest BCUT2D eigenvalue weighted by Gasteiger charge is 2.30. The molecule has 0 amide bonds. The molecule has 1 heteroatoms. The van der Waals surface area contributed by atoms with E-state index in [-0.39, 0.29) is 11.2 Å². The van der Waals surface area contributed by atoms with Crippen LogP contribution in [0.25, 0.3) is 0 Å². The second kappa shape index (κ2) is 18.6. The van der Waals surface area contributed by atoms with Gasteiger partial charge in [-0.3, -0.25) is 4.79 Å². The number of allylic oxidation sites excluding steroid dienone is 26. The third-order valence-electron chi connectivity index (χ3n) is 6.81. The number of rotatable bonds is 12. The van der Waals surface area contributed by atoms with Gasteiger partial charge in [-0.25, -0.2) is 0 Å². The zero-order chi connectivity index (χ0) is 30.8. The Morgan fingerprint density at radius 1 is 0.561 bits per heavy atom. The summed E-state index contributed by atoms with van der Waals surface area (Å²) in [5, 5.41) is 0. The SMILES string of the molecule is CC(C)=C/C=C/C(C)=C/C=C/C(C)=C/C=C/C(C)=C/C=C/C=C(C)/C=C/C=C(C)/C=C/C1=C(C)C(=O)CCC1(C)C. The first kappa shape index (κ1) is 35.3. The van der Waals surface area contributed by atoms with E-state index in [2.05, 4.69) is 172 Å². The number of ketones is 1. The number of carbonyl (C=O) groups excluding carboxylic acids is 1. The monoisotopic (exact) mass is 548 g/mol. The van der Waals surface area contributed by atoms with Gasteiger partial charge in [0.05, 0.1) is 0 Å². The fourth-order valence-electron chi connectivity index (χ4n) is 4.11. The molecule has 1 aliphatic carbocycles. The van der Waals surface area contributed by atoms with Gasteiger partial charge in [-0.15, -0.1) is 0 Å². The largest absolute Gasteiger partial charge is 0.295 e. The van der Waals surface area contributed by atoms with Crippen molar-refractivity contribution in [2.24, 2.45) is 5.41 Å². The molecule has 0 aromatic carbocycles. The van der Waals surface area contributed by atoms with Crippen molar-refractivity contribution in [2.75, 3.05) is 0 Å². The smallest absolute Gasteiger partial charge is 0.158 e. The van der Waals surface area contributed by atoms with Crippen molar-refractivity contribution < 1.29 is 4.79 Å². The summed E-state index contributed by atoms with van der Waals surface area (Å²) in [7, 11) is 0.